The fourth-order valence-electron chi connectivity index (χ4n) is 0.617. The van der Waals surface area contributed by atoms with Crippen LogP contribution in [0.3, 0.4) is 0 Å². The molecule has 2 atom stereocenters. The van der Waals surface area contributed by atoms with Gasteiger partial charge < -0.3 is 20.4 Å². The van der Waals surface area contributed by atoms with Crippen LogP contribution in [0.2, 0.25) is 0 Å². The van der Waals surface area contributed by atoms with Crippen molar-refractivity contribution in [2.24, 2.45) is 0 Å². The maximum atomic E-state index is 10.7. The summed E-state index contributed by atoms with van der Waals surface area (Å²) < 4.78 is -3.27. The molecule has 0 aromatic carbocycles. The van der Waals surface area contributed by atoms with Crippen molar-refractivity contribution in [1.29, 1.82) is 0 Å². The summed E-state index contributed by atoms with van der Waals surface area (Å²) in [5.74, 6) is -1.54. The minimum atomic E-state index is -2.21. The first-order valence-corrected chi connectivity index (χ1v) is 4.58. The molecular formula is C5H10O5S3. The summed E-state index contributed by atoms with van der Waals surface area (Å²) in [4.78, 5) is 10.7. The van der Waals surface area contributed by atoms with Gasteiger partial charge in [0.1, 0.15) is 6.10 Å². The topological polar surface area (TPSA) is 98.0 Å². The average Bonchev–Trinajstić information content (AvgIpc) is 2.00. The van der Waals surface area contributed by atoms with Crippen LogP contribution in [-0.4, -0.2) is 48.1 Å². The molecule has 0 aliphatic carbocycles. The highest BCUT2D eigenvalue weighted by molar-refractivity contribution is 8.01. The maximum Gasteiger partial charge on any atom is 0.324 e. The monoisotopic (exact) mass is 246 g/mol. The van der Waals surface area contributed by atoms with Crippen molar-refractivity contribution in [3.05, 3.63) is 0 Å². The molecule has 0 spiro atoms. The Balaban J connectivity index is 4.90. The molecule has 2 unspecified atom stereocenters. The first-order valence-electron chi connectivity index (χ1n) is 3.10. The Bertz CT molecular complexity index is 197. The van der Waals surface area contributed by atoms with E-state index in [1.807, 2.05) is 0 Å². The molecule has 0 amide bonds. The van der Waals surface area contributed by atoms with Crippen LogP contribution in [0.25, 0.3) is 0 Å². The van der Waals surface area contributed by atoms with E-state index in [4.69, 9.17) is 20.4 Å². The average molecular weight is 246 g/mol. The molecule has 78 valence electrons. The van der Waals surface area contributed by atoms with Crippen LogP contribution in [-0.2, 0) is 4.79 Å². The summed E-state index contributed by atoms with van der Waals surface area (Å²) in [6.45, 7) is 0. The van der Waals surface area contributed by atoms with Gasteiger partial charge in [0.2, 0.25) is 0 Å². The van der Waals surface area contributed by atoms with E-state index in [1.54, 1.807) is 0 Å². The summed E-state index contributed by atoms with van der Waals surface area (Å²) in [5, 5.41) is 35.0. The lowest BCUT2D eigenvalue weighted by atomic mass is 10.0. The number of aliphatic carboxylic acids is 1. The number of thiol groups is 3. The number of aliphatic hydroxyl groups is 3. The molecule has 0 aliphatic heterocycles. The van der Waals surface area contributed by atoms with Crippen LogP contribution in [0.5, 0.6) is 0 Å². The number of rotatable bonds is 4. The minimum absolute atomic E-state index is 1.15. The largest absolute Gasteiger partial charge is 0.480 e. The normalized spacial score (nSPS) is 18.8. The summed E-state index contributed by atoms with van der Waals surface area (Å²) in [6.07, 6.45) is -4.19. The molecular weight excluding hydrogens is 236 g/mol. The number of carboxylic acid groups (broad SMARTS) is 1. The zero-order valence-corrected chi connectivity index (χ0v) is 8.95. The SMILES string of the molecule is O=C(O)C(S)(C(S)S)C(O)C(O)O. The van der Waals surface area contributed by atoms with E-state index < -0.39 is 27.7 Å². The van der Waals surface area contributed by atoms with Gasteiger partial charge in [0.25, 0.3) is 0 Å². The first-order chi connectivity index (χ1) is 5.74. The van der Waals surface area contributed by atoms with Gasteiger partial charge in [-0.3, -0.25) is 4.79 Å². The number of aliphatic hydroxyl groups excluding tert-OH is 2. The van der Waals surface area contributed by atoms with E-state index in [9.17, 15) is 4.79 Å². The van der Waals surface area contributed by atoms with Crippen LogP contribution >= 0.6 is 37.9 Å². The molecule has 0 radical (unpaired) electrons. The highest BCUT2D eigenvalue weighted by Crippen LogP contribution is 2.31. The molecule has 0 aliphatic rings. The van der Waals surface area contributed by atoms with Crippen LogP contribution in [0.15, 0.2) is 0 Å². The number of hydrogen-bond donors (Lipinski definition) is 7. The van der Waals surface area contributed by atoms with Gasteiger partial charge in [0, 0.05) is 0 Å². The van der Waals surface area contributed by atoms with Gasteiger partial charge in [0.15, 0.2) is 11.0 Å². The van der Waals surface area contributed by atoms with E-state index in [2.05, 4.69) is 37.9 Å². The second kappa shape index (κ2) is 4.76. The van der Waals surface area contributed by atoms with Gasteiger partial charge >= 0.3 is 5.97 Å². The molecule has 8 heteroatoms. The van der Waals surface area contributed by atoms with Crippen LogP contribution < -0.4 is 0 Å². The third kappa shape index (κ3) is 2.67. The molecule has 0 heterocycles. The molecule has 0 rings (SSSR count). The molecule has 4 N–H and O–H groups in total. The van der Waals surface area contributed by atoms with Crippen LogP contribution in [0.4, 0.5) is 0 Å². The number of carboxylic acids is 1. The van der Waals surface area contributed by atoms with Crippen LogP contribution in [0.1, 0.15) is 0 Å². The minimum Gasteiger partial charge on any atom is -0.480 e. The van der Waals surface area contributed by atoms with Crippen molar-refractivity contribution in [2.75, 3.05) is 0 Å². The Morgan fingerprint density at radius 1 is 1.23 bits per heavy atom. The van der Waals surface area contributed by atoms with E-state index in [0.29, 0.717) is 0 Å². The molecule has 0 saturated carbocycles. The fraction of sp³-hybridized carbons (Fsp3) is 0.800. The Labute approximate surface area is 91.0 Å². The quantitative estimate of drug-likeness (QED) is 0.244. The van der Waals surface area contributed by atoms with Crippen molar-refractivity contribution < 1.29 is 25.2 Å². The van der Waals surface area contributed by atoms with E-state index in [-0.39, 0.29) is 0 Å². The molecule has 0 bridgehead atoms. The van der Waals surface area contributed by atoms with Crippen molar-refractivity contribution >= 4 is 43.9 Å². The summed E-state index contributed by atoms with van der Waals surface area (Å²) >= 11 is 11.0. The van der Waals surface area contributed by atoms with E-state index in [1.165, 1.54) is 0 Å². The van der Waals surface area contributed by atoms with Gasteiger partial charge in [0.05, 0.1) is 4.58 Å². The second-order valence-electron chi connectivity index (χ2n) is 2.36. The zero-order valence-electron chi connectivity index (χ0n) is 6.27. The Morgan fingerprint density at radius 3 is 1.69 bits per heavy atom. The smallest absolute Gasteiger partial charge is 0.324 e. The Morgan fingerprint density at radius 2 is 1.62 bits per heavy atom. The third-order valence-corrected chi connectivity index (χ3v) is 3.41. The van der Waals surface area contributed by atoms with Crippen molar-refractivity contribution in [3.8, 4) is 0 Å². The van der Waals surface area contributed by atoms with Gasteiger partial charge in [-0.25, -0.2) is 0 Å². The maximum absolute atomic E-state index is 10.7. The predicted octanol–water partition coefficient (Wildman–Crippen LogP) is -1.40. The third-order valence-electron chi connectivity index (χ3n) is 1.47. The number of hydrogen-bond acceptors (Lipinski definition) is 7. The Hall–Kier alpha value is 0.400. The standard InChI is InChI=1S/C5H10O5S3/c6-1(2(7)8)5(13,3(9)10)4(11)12/h1-2,4,6-8,11-13H,(H,9,10). The zero-order chi connectivity index (χ0) is 10.8. The summed E-state index contributed by atoms with van der Waals surface area (Å²) in [5.41, 5.74) is 0. The Kier molecular flexibility index (Phi) is 4.91. The van der Waals surface area contributed by atoms with E-state index >= 15 is 0 Å². The number of carbonyl (C=O) groups is 1. The lowest BCUT2D eigenvalue weighted by molar-refractivity contribution is -0.160. The van der Waals surface area contributed by atoms with Gasteiger partial charge in [-0.2, -0.15) is 37.9 Å². The van der Waals surface area contributed by atoms with Gasteiger partial charge in [-0.1, -0.05) is 0 Å². The van der Waals surface area contributed by atoms with Gasteiger partial charge in [-0.15, -0.1) is 0 Å². The highest BCUT2D eigenvalue weighted by Gasteiger charge is 2.49. The molecule has 0 fully saturated rings. The lowest BCUT2D eigenvalue weighted by Crippen LogP contribution is -2.54. The molecule has 0 saturated heterocycles. The van der Waals surface area contributed by atoms with E-state index in [0.717, 1.165) is 0 Å². The highest BCUT2D eigenvalue weighted by atomic mass is 32.2. The van der Waals surface area contributed by atoms with Crippen molar-refractivity contribution in [1.82, 2.24) is 0 Å². The van der Waals surface area contributed by atoms with Crippen molar-refractivity contribution in [3.63, 3.8) is 0 Å². The molecule has 13 heavy (non-hydrogen) atoms. The molecule has 0 aromatic rings. The predicted molar refractivity (Wildman–Crippen MR) is 55.3 cm³/mol. The fourth-order valence-corrected chi connectivity index (χ4v) is 1.28. The molecule has 0 aromatic heterocycles. The lowest BCUT2D eigenvalue weighted by Gasteiger charge is -2.32. The van der Waals surface area contributed by atoms with Gasteiger partial charge in [-0.05, 0) is 0 Å². The summed E-state index contributed by atoms with van der Waals surface area (Å²) in [7, 11) is 0. The van der Waals surface area contributed by atoms with Crippen LogP contribution in [0, 0.1) is 0 Å². The van der Waals surface area contributed by atoms with Crippen molar-refractivity contribution in [2.45, 2.75) is 21.7 Å². The first kappa shape index (κ1) is 13.4. The molecule has 5 nitrogen and oxygen atoms in total. The summed E-state index contributed by atoms with van der Waals surface area (Å²) in [6, 6.07) is 0. The second-order valence-corrected chi connectivity index (χ2v) is 4.54.